The van der Waals surface area contributed by atoms with Crippen molar-refractivity contribution < 1.29 is 19.4 Å². The summed E-state index contributed by atoms with van der Waals surface area (Å²) >= 11 is 0. The minimum absolute atomic E-state index is 0.0801. The van der Waals surface area contributed by atoms with E-state index >= 15 is 0 Å². The van der Waals surface area contributed by atoms with Crippen molar-refractivity contribution in [1.82, 2.24) is 15.0 Å². The molecule has 0 saturated heterocycles. The highest BCUT2D eigenvalue weighted by Gasteiger charge is 2.13. The van der Waals surface area contributed by atoms with Crippen molar-refractivity contribution >= 4 is 5.97 Å². The number of carbonyl (C=O) groups is 1. The van der Waals surface area contributed by atoms with Crippen LogP contribution < -0.4 is 9.47 Å². The van der Waals surface area contributed by atoms with Crippen molar-refractivity contribution in [2.24, 2.45) is 0 Å². The number of pyridine rings is 1. The molecular formula is C18H23N3O4. The van der Waals surface area contributed by atoms with Crippen molar-refractivity contribution in [2.75, 3.05) is 13.2 Å². The number of aromatic carboxylic acids is 1. The van der Waals surface area contributed by atoms with Gasteiger partial charge in [0.1, 0.15) is 5.69 Å². The largest absolute Gasteiger partial charge is 0.490 e. The molecule has 25 heavy (non-hydrogen) atoms. The molecule has 0 aliphatic heterocycles. The third-order valence-electron chi connectivity index (χ3n) is 3.45. The Hall–Kier alpha value is -2.70. The molecule has 0 fully saturated rings. The summed E-state index contributed by atoms with van der Waals surface area (Å²) < 4.78 is 11.5. The Morgan fingerprint density at radius 3 is 2.40 bits per heavy atom. The zero-order valence-electron chi connectivity index (χ0n) is 14.6. The minimum atomic E-state index is -1.11. The molecule has 134 valence electrons. The number of aromatic nitrogens is 3. The molecule has 0 aliphatic carbocycles. The van der Waals surface area contributed by atoms with Crippen molar-refractivity contribution in [3.63, 3.8) is 0 Å². The maximum atomic E-state index is 11.1. The number of hydrogen-bond donors (Lipinski definition) is 1. The lowest BCUT2D eigenvalue weighted by atomic mass is 10.3. The number of nitrogens with zero attached hydrogens (tertiary/aromatic N) is 3. The monoisotopic (exact) mass is 345 g/mol. The third kappa shape index (κ3) is 5.41. The SMILES string of the molecule is CCCCOc1cnc(-c2nccc(C(=O)O)n2)cc1OCCCC. The Bertz CT molecular complexity index is 706. The number of hydrogen-bond acceptors (Lipinski definition) is 6. The van der Waals surface area contributed by atoms with Gasteiger partial charge in [-0.2, -0.15) is 0 Å². The van der Waals surface area contributed by atoms with Gasteiger partial charge in [0.05, 0.1) is 19.4 Å². The van der Waals surface area contributed by atoms with Crippen LogP contribution >= 0.6 is 0 Å². The molecule has 0 atom stereocenters. The zero-order chi connectivity index (χ0) is 18.1. The van der Waals surface area contributed by atoms with Gasteiger partial charge in [-0.25, -0.2) is 19.7 Å². The lowest BCUT2D eigenvalue weighted by Crippen LogP contribution is -2.05. The first-order valence-electron chi connectivity index (χ1n) is 8.48. The zero-order valence-corrected chi connectivity index (χ0v) is 14.6. The van der Waals surface area contributed by atoms with Gasteiger partial charge in [-0.3, -0.25) is 0 Å². The number of carboxylic acid groups (broad SMARTS) is 1. The first-order valence-corrected chi connectivity index (χ1v) is 8.48. The van der Waals surface area contributed by atoms with Crippen LogP contribution in [0.2, 0.25) is 0 Å². The predicted molar refractivity (Wildman–Crippen MR) is 93.0 cm³/mol. The third-order valence-corrected chi connectivity index (χ3v) is 3.45. The molecule has 0 bridgehead atoms. The van der Waals surface area contributed by atoms with E-state index in [2.05, 4.69) is 28.8 Å². The summed E-state index contributed by atoms with van der Waals surface area (Å²) in [5, 5.41) is 9.06. The maximum absolute atomic E-state index is 11.1. The molecule has 2 heterocycles. The molecule has 0 radical (unpaired) electrons. The average molecular weight is 345 g/mol. The smallest absolute Gasteiger partial charge is 0.354 e. The molecule has 0 spiro atoms. The van der Waals surface area contributed by atoms with Crippen LogP contribution in [0.5, 0.6) is 11.5 Å². The highest BCUT2D eigenvalue weighted by Crippen LogP contribution is 2.30. The topological polar surface area (TPSA) is 94.4 Å². The van der Waals surface area contributed by atoms with Crippen LogP contribution in [-0.2, 0) is 0 Å². The van der Waals surface area contributed by atoms with Crippen molar-refractivity contribution in [3.8, 4) is 23.0 Å². The highest BCUT2D eigenvalue weighted by molar-refractivity contribution is 5.85. The highest BCUT2D eigenvalue weighted by atomic mass is 16.5. The molecule has 2 aromatic heterocycles. The van der Waals surface area contributed by atoms with Gasteiger partial charge in [0.25, 0.3) is 0 Å². The van der Waals surface area contributed by atoms with E-state index in [1.807, 2.05) is 0 Å². The second-order valence-electron chi connectivity index (χ2n) is 5.49. The van der Waals surface area contributed by atoms with E-state index in [0.29, 0.717) is 30.4 Å². The first-order chi connectivity index (χ1) is 12.2. The summed E-state index contributed by atoms with van der Waals surface area (Å²) in [5.41, 5.74) is 0.362. The van der Waals surface area contributed by atoms with Crippen LogP contribution in [0.15, 0.2) is 24.5 Å². The fourth-order valence-corrected chi connectivity index (χ4v) is 2.02. The van der Waals surface area contributed by atoms with Crippen LogP contribution in [0.4, 0.5) is 0 Å². The maximum Gasteiger partial charge on any atom is 0.354 e. The van der Waals surface area contributed by atoms with Crippen LogP contribution in [-0.4, -0.2) is 39.2 Å². The van der Waals surface area contributed by atoms with E-state index in [4.69, 9.17) is 14.6 Å². The van der Waals surface area contributed by atoms with E-state index in [0.717, 1.165) is 25.7 Å². The second-order valence-corrected chi connectivity index (χ2v) is 5.49. The number of ether oxygens (including phenoxy) is 2. The molecule has 0 saturated carbocycles. The number of carboxylic acids is 1. The van der Waals surface area contributed by atoms with E-state index in [-0.39, 0.29) is 11.5 Å². The van der Waals surface area contributed by atoms with Gasteiger partial charge in [0.15, 0.2) is 23.0 Å². The Kier molecular flexibility index (Phi) is 7.13. The van der Waals surface area contributed by atoms with Crippen LogP contribution in [0, 0.1) is 0 Å². The normalized spacial score (nSPS) is 10.5. The van der Waals surface area contributed by atoms with Gasteiger partial charge < -0.3 is 14.6 Å². The predicted octanol–water partition coefficient (Wildman–Crippen LogP) is 3.59. The summed E-state index contributed by atoms with van der Waals surface area (Å²) in [6, 6.07) is 3.03. The number of rotatable bonds is 10. The van der Waals surface area contributed by atoms with Crippen LogP contribution in [0.3, 0.4) is 0 Å². The molecule has 0 aliphatic rings. The Morgan fingerprint density at radius 1 is 1.08 bits per heavy atom. The fourth-order valence-electron chi connectivity index (χ4n) is 2.02. The van der Waals surface area contributed by atoms with Gasteiger partial charge in [-0.15, -0.1) is 0 Å². The Labute approximate surface area is 147 Å². The standard InChI is InChI=1S/C18H23N3O4/c1-3-5-9-24-15-11-14(20-12-16(15)25-10-6-4-2)17-19-8-7-13(21-17)18(22)23/h7-8,11-12H,3-6,9-10H2,1-2H3,(H,22,23). The lowest BCUT2D eigenvalue weighted by Gasteiger charge is -2.13. The minimum Gasteiger partial charge on any atom is -0.490 e. The summed E-state index contributed by atoms with van der Waals surface area (Å²) in [7, 11) is 0. The molecule has 7 heteroatoms. The molecule has 0 unspecified atom stereocenters. The molecule has 0 aromatic carbocycles. The second kappa shape index (κ2) is 9.56. The van der Waals surface area contributed by atoms with Gasteiger partial charge in [-0.1, -0.05) is 26.7 Å². The summed E-state index contributed by atoms with van der Waals surface area (Å²) in [4.78, 5) is 23.5. The molecular weight excluding hydrogens is 322 g/mol. The Morgan fingerprint density at radius 2 is 1.76 bits per heavy atom. The van der Waals surface area contributed by atoms with E-state index in [9.17, 15) is 4.79 Å². The van der Waals surface area contributed by atoms with Crippen LogP contribution in [0.25, 0.3) is 11.5 Å². The summed E-state index contributed by atoms with van der Waals surface area (Å²) in [6.45, 7) is 5.34. The molecule has 2 rings (SSSR count). The quantitative estimate of drug-likeness (QED) is 0.657. The lowest BCUT2D eigenvalue weighted by molar-refractivity contribution is 0.0690. The average Bonchev–Trinajstić information content (AvgIpc) is 2.63. The molecule has 2 aromatic rings. The Balaban J connectivity index is 2.28. The van der Waals surface area contributed by atoms with E-state index < -0.39 is 5.97 Å². The summed E-state index contributed by atoms with van der Waals surface area (Å²) in [6.07, 6.45) is 6.90. The van der Waals surface area contributed by atoms with Gasteiger partial charge in [-0.05, 0) is 18.9 Å². The molecule has 7 nitrogen and oxygen atoms in total. The van der Waals surface area contributed by atoms with Gasteiger partial charge >= 0.3 is 5.97 Å². The summed E-state index contributed by atoms with van der Waals surface area (Å²) in [5.74, 6) is 0.268. The van der Waals surface area contributed by atoms with Crippen molar-refractivity contribution in [1.29, 1.82) is 0 Å². The van der Waals surface area contributed by atoms with E-state index in [1.54, 1.807) is 12.3 Å². The fraction of sp³-hybridized carbons (Fsp3) is 0.444. The number of unbranched alkanes of at least 4 members (excludes halogenated alkanes) is 2. The van der Waals surface area contributed by atoms with E-state index in [1.165, 1.54) is 12.3 Å². The first kappa shape index (κ1) is 18.6. The van der Waals surface area contributed by atoms with Gasteiger partial charge in [0, 0.05) is 12.3 Å². The van der Waals surface area contributed by atoms with Crippen molar-refractivity contribution in [2.45, 2.75) is 39.5 Å². The van der Waals surface area contributed by atoms with Crippen molar-refractivity contribution in [3.05, 3.63) is 30.2 Å². The van der Waals surface area contributed by atoms with Crippen LogP contribution in [0.1, 0.15) is 50.0 Å². The molecule has 1 N–H and O–H groups in total. The molecule has 0 amide bonds. The van der Waals surface area contributed by atoms with Gasteiger partial charge in [0.2, 0.25) is 0 Å².